The van der Waals surface area contributed by atoms with Crippen LogP contribution in [0.5, 0.6) is 5.75 Å². The third-order valence-corrected chi connectivity index (χ3v) is 5.98. The molecule has 1 aliphatic carbocycles. The van der Waals surface area contributed by atoms with E-state index in [1.54, 1.807) is 6.07 Å². The van der Waals surface area contributed by atoms with E-state index in [1.807, 2.05) is 18.3 Å². The van der Waals surface area contributed by atoms with E-state index in [2.05, 4.69) is 44.9 Å². The summed E-state index contributed by atoms with van der Waals surface area (Å²) < 4.78 is 0.854. The molecule has 1 aliphatic rings. The molecule has 0 saturated carbocycles. The molecule has 0 amide bonds. The lowest BCUT2D eigenvalue weighted by Gasteiger charge is -2.22. The van der Waals surface area contributed by atoms with Gasteiger partial charge in [-0.3, -0.25) is 5.10 Å². The first-order valence-electron chi connectivity index (χ1n) is 8.49. The number of aromatic hydroxyl groups is 1. The molecule has 2 heterocycles. The average molecular weight is 441 g/mol. The van der Waals surface area contributed by atoms with Crippen LogP contribution in [-0.4, -0.2) is 20.3 Å². The van der Waals surface area contributed by atoms with E-state index in [0.29, 0.717) is 5.75 Å². The maximum absolute atomic E-state index is 9.86. The molecule has 0 spiro atoms. The molecule has 124 valence electrons. The molecule has 2 N–H and O–H groups in total. The molecule has 25 heavy (non-hydrogen) atoms. The van der Waals surface area contributed by atoms with Crippen LogP contribution in [0.15, 0.2) is 36.5 Å². The van der Waals surface area contributed by atoms with Gasteiger partial charge in [-0.25, -0.2) is 4.98 Å². The molecule has 0 radical (unpaired) electrons. The molecule has 2 aromatic heterocycles. The Hall–Kier alpha value is -2.15. The molecule has 0 unspecified atom stereocenters. The number of hydrogen-bond acceptors (Lipinski definition) is 3. The number of nitrogens with zero attached hydrogens (tertiary/aromatic N) is 2. The van der Waals surface area contributed by atoms with E-state index in [-0.39, 0.29) is 0 Å². The van der Waals surface area contributed by atoms with Gasteiger partial charge in [-0.05, 0) is 89.7 Å². The van der Waals surface area contributed by atoms with Crippen molar-refractivity contribution in [3.63, 3.8) is 0 Å². The molecule has 0 saturated heterocycles. The summed E-state index contributed by atoms with van der Waals surface area (Å²) in [5, 5.41) is 19.6. The Bertz CT molecular complexity index is 1130. The van der Waals surface area contributed by atoms with Gasteiger partial charge in [0.2, 0.25) is 0 Å². The second-order valence-electron chi connectivity index (χ2n) is 6.58. The number of aromatic nitrogens is 3. The molecule has 4 aromatic rings. The topological polar surface area (TPSA) is 61.8 Å². The minimum absolute atomic E-state index is 0.319. The van der Waals surface area contributed by atoms with Crippen molar-refractivity contribution >= 4 is 44.4 Å². The molecule has 0 fully saturated rings. The quantitative estimate of drug-likeness (QED) is 0.411. The first kappa shape index (κ1) is 15.1. The first-order valence-corrected chi connectivity index (χ1v) is 9.56. The number of hydrogen-bond donors (Lipinski definition) is 2. The van der Waals surface area contributed by atoms with Crippen molar-refractivity contribution in [1.29, 1.82) is 0 Å². The van der Waals surface area contributed by atoms with Crippen molar-refractivity contribution in [3.8, 4) is 17.0 Å². The lowest BCUT2D eigenvalue weighted by atomic mass is 9.85. The van der Waals surface area contributed by atoms with Crippen LogP contribution < -0.4 is 0 Å². The molecular formula is C20H16IN3O. The summed E-state index contributed by atoms with van der Waals surface area (Å²) in [6, 6.07) is 9.89. The number of phenolic OH excluding ortho intramolecular Hbond substituents is 1. The summed E-state index contributed by atoms with van der Waals surface area (Å²) in [7, 11) is 0. The van der Waals surface area contributed by atoms with Crippen molar-refractivity contribution in [2.24, 2.45) is 0 Å². The number of rotatable bonds is 1. The number of nitrogens with one attached hydrogen (secondary N) is 1. The summed E-state index contributed by atoms with van der Waals surface area (Å²) in [5.74, 6) is 0.319. The zero-order chi connectivity index (χ0) is 17.0. The smallest absolute Gasteiger partial charge is 0.128 e. The average Bonchev–Trinajstić information content (AvgIpc) is 3.12. The van der Waals surface area contributed by atoms with E-state index in [4.69, 9.17) is 4.98 Å². The van der Waals surface area contributed by atoms with Gasteiger partial charge in [-0.2, -0.15) is 5.10 Å². The van der Waals surface area contributed by atoms with Crippen molar-refractivity contribution in [2.75, 3.05) is 0 Å². The minimum atomic E-state index is 0.319. The summed E-state index contributed by atoms with van der Waals surface area (Å²) in [5.41, 5.74) is 6.99. The zero-order valence-electron chi connectivity index (χ0n) is 13.5. The van der Waals surface area contributed by atoms with Gasteiger partial charge in [-0.15, -0.1) is 0 Å². The standard InChI is InChI=1S/C20H16IN3O/c21-15-9-11(5-8-18(15)25)20-13-4-2-1-3-12(13)19-14-10-22-24-16(14)6-7-17(19)23-20/h5-10,25H,1-4H2,(H,22,24). The first-order chi connectivity index (χ1) is 12.2. The summed E-state index contributed by atoms with van der Waals surface area (Å²) in [6.45, 7) is 0. The van der Waals surface area contributed by atoms with Crippen LogP contribution in [0.2, 0.25) is 0 Å². The van der Waals surface area contributed by atoms with E-state index >= 15 is 0 Å². The van der Waals surface area contributed by atoms with E-state index in [0.717, 1.165) is 44.1 Å². The zero-order valence-corrected chi connectivity index (χ0v) is 15.7. The van der Waals surface area contributed by atoms with E-state index < -0.39 is 0 Å². The number of aryl methyl sites for hydroxylation is 1. The molecule has 5 heteroatoms. The third-order valence-electron chi connectivity index (χ3n) is 5.11. The summed E-state index contributed by atoms with van der Waals surface area (Å²) in [6.07, 6.45) is 6.47. The maximum Gasteiger partial charge on any atom is 0.128 e. The normalized spacial score (nSPS) is 14.1. The highest BCUT2D eigenvalue weighted by Crippen LogP contribution is 2.38. The van der Waals surface area contributed by atoms with Gasteiger partial charge in [0.1, 0.15) is 5.75 Å². The van der Waals surface area contributed by atoms with Gasteiger partial charge < -0.3 is 5.11 Å². The second-order valence-corrected chi connectivity index (χ2v) is 7.74. The maximum atomic E-state index is 9.86. The number of aromatic amines is 1. The van der Waals surface area contributed by atoms with Crippen LogP contribution in [0.3, 0.4) is 0 Å². The van der Waals surface area contributed by atoms with Crippen molar-refractivity contribution < 1.29 is 5.11 Å². The molecule has 2 aromatic carbocycles. The minimum Gasteiger partial charge on any atom is -0.507 e. The van der Waals surface area contributed by atoms with Gasteiger partial charge >= 0.3 is 0 Å². The molecular weight excluding hydrogens is 425 g/mol. The highest BCUT2D eigenvalue weighted by Gasteiger charge is 2.21. The Morgan fingerprint density at radius 1 is 1.04 bits per heavy atom. The van der Waals surface area contributed by atoms with Crippen LogP contribution in [0.4, 0.5) is 0 Å². The summed E-state index contributed by atoms with van der Waals surface area (Å²) >= 11 is 2.17. The van der Waals surface area contributed by atoms with Crippen LogP contribution in [0.25, 0.3) is 33.1 Å². The van der Waals surface area contributed by atoms with Gasteiger partial charge in [0, 0.05) is 16.3 Å². The fourth-order valence-corrected chi connectivity index (χ4v) is 4.46. The lowest BCUT2D eigenvalue weighted by molar-refractivity contribution is 0.471. The van der Waals surface area contributed by atoms with Crippen molar-refractivity contribution in [1.82, 2.24) is 15.2 Å². The molecule has 0 atom stereocenters. The Labute approximate surface area is 158 Å². The third kappa shape index (κ3) is 2.33. The fraction of sp³-hybridized carbons (Fsp3) is 0.200. The molecule has 5 rings (SSSR count). The van der Waals surface area contributed by atoms with Gasteiger partial charge in [0.05, 0.1) is 26.5 Å². The van der Waals surface area contributed by atoms with Gasteiger partial charge in [0.25, 0.3) is 0 Å². The molecule has 4 nitrogen and oxygen atoms in total. The lowest BCUT2D eigenvalue weighted by Crippen LogP contribution is -2.08. The van der Waals surface area contributed by atoms with Gasteiger partial charge in [0.15, 0.2) is 0 Å². The largest absolute Gasteiger partial charge is 0.507 e. The summed E-state index contributed by atoms with van der Waals surface area (Å²) in [4.78, 5) is 5.03. The predicted molar refractivity (Wildman–Crippen MR) is 108 cm³/mol. The van der Waals surface area contributed by atoms with Crippen LogP contribution in [0.1, 0.15) is 24.0 Å². The van der Waals surface area contributed by atoms with Crippen LogP contribution >= 0.6 is 22.6 Å². The highest BCUT2D eigenvalue weighted by atomic mass is 127. The Balaban J connectivity index is 1.88. The number of phenols is 1. The SMILES string of the molecule is Oc1ccc(-c2nc3ccc4[nH]ncc4c3c3c2CCCC3)cc1I. The number of H-pyrrole nitrogens is 1. The monoisotopic (exact) mass is 441 g/mol. The molecule has 0 bridgehead atoms. The number of halogens is 1. The van der Waals surface area contributed by atoms with Crippen molar-refractivity contribution in [3.05, 3.63) is 51.2 Å². The van der Waals surface area contributed by atoms with E-state index in [9.17, 15) is 5.11 Å². The molecule has 0 aliphatic heterocycles. The Morgan fingerprint density at radius 3 is 2.72 bits per heavy atom. The van der Waals surface area contributed by atoms with Gasteiger partial charge in [-0.1, -0.05) is 0 Å². The highest BCUT2D eigenvalue weighted by molar-refractivity contribution is 14.1. The number of fused-ring (bicyclic) bond motifs is 5. The fourth-order valence-electron chi connectivity index (χ4n) is 3.94. The van der Waals surface area contributed by atoms with E-state index in [1.165, 1.54) is 29.4 Å². The Morgan fingerprint density at radius 2 is 1.88 bits per heavy atom. The van der Waals surface area contributed by atoms with Crippen molar-refractivity contribution in [2.45, 2.75) is 25.7 Å². The van der Waals surface area contributed by atoms with Crippen LogP contribution in [-0.2, 0) is 12.8 Å². The Kier molecular flexibility index (Phi) is 3.45. The predicted octanol–water partition coefficient (Wildman–Crippen LogP) is 4.97. The van der Waals surface area contributed by atoms with Crippen LogP contribution in [0, 0.1) is 3.57 Å². The number of benzene rings is 2. The second kappa shape index (κ2) is 5.69. The number of pyridine rings is 1.